The van der Waals surface area contributed by atoms with E-state index in [-0.39, 0.29) is 13.2 Å². The summed E-state index contributed by atoms with van der Waals surface area (Å²) in [4.78, 5) is 0. The van der Waals surface area contributed by atoms with E-state index >= 15 is 0 Å². The number of hydrogen-bond acceptors (Lipinski definition) is 7. The highest BCUT2D eigenvalue weighted by atomic mass is 16.5. The molecule has 0 bridgehead atoms. The van der Waals surface area contributed by atoms with E-state index in [1.165, 1.54) is 0 Å². The summed E-state index contributed by atoms with van der Waals surface area (Å²) in [6.07, 6.45) is -1.28. The van der Waals surface area contributed by atoms with Crippen LogP contribution in [0.5, 0.6) is 0 Å². The molecule has 1 saturated heterocycles. The molecule has 1 aliphatic heterocycles. The van der Waals surface area contributed by atoms with Gasteiger partial charge in [-0.1, -0.05) is 0 Å². The minimum Gasteiger partial charge on any atom is -0.394 e. The highest BCUT2D eigenvalue weighted by molar-refractivity contribution is 5.37. The predicted octanol–water partition coefficient (Wildman–Crippen LogP) is -1.32. The van der Waals surface area contributed by atoms with Crippen LogP contribution in [0.4, 0.5) is 5.82 Å². The van der Waals surface area contributed by atoms with E-state index in [0.717, 1.165) is 5.56 Å². The quantitative estimate of drug-likeness (QED) is 0.530. The monoisotopic (exact) mass is 255 g/mol. The highest BCUT2D eigenvalue weighted by Gasteiger charge is 2.38. The SMILES string of the molecule is Cc1cnnc(N[C@H]2CO[C@H](CO)[C@H](O)[C@@H]2O)c1. The molecule has 1 aliphatic rings. The Bertz CT molecular complexity index is 404. The van der Waals surface area contributed by atoms with Gasteiger partial charge in [-0.25, -0.2) is 0 Å². The average Bonchev–Trinajstić information content (AvgIpc) is 2.35. The van der Waals surface area contributed by atoms with Crippen LogP contribution in [0, 0.1) is 6.92 Å². The number of nitrogens with one attached hydrogen (secondary N) is 1. The van der Waals surface area contributed by atoms with Crippen LogP contribution < -0.4 is 5.32 Å². The lowest BCUT2D eigenvalue weighted by Crippen LogP contribution is -2.56. The molecule has 0 unspecified atom stereocenters. The molecule has 0 aromatic carbocycles. The molecule has 18 heavy (non-hydrogen) atoms. The van der Waals surface area contributed by atoms with Crippen LogP contribution in [-0.2, 0) is 4.74 Å². The smallest absolute Gasteiger partial charge is 0.149 e. The molecule has 1 aromatic rings. The Morgan fingerprint density at radius 1 is 1.44 bits per heavy atom. The van der Waals surface area contributed by atoms with Crippen LogP contribution in [-0.4, -0.2) is 63.1 Å². The summed E-state index contributed by atoms with van der Waals surface area (Å²) >= 11 is 0. The van der Waals surface area contributed by atoms with Gasteiger partial charge in [0.05, 0.1) is 25.5 Å². The van der Waals surface area contributed by atoms with Gasteiger partial charge in [-0.15, -0.1) is 5.10 Å². The van der Waals surface area contributed by atoms with Crippen LogP contribution in [0.1, 0.15) is 5.56 Å². The van der Waals surface area contributed by atoms with Crippen molar-refractivity contribution in [3.63, 3.8) is 0 Å². The Labute approximate surface area is 104 Å². The first-order valence-electron chi connectivity index (χ1n) is 5.76. The van der Waals surface area contributed by atoms with E-state index in [1.54, 1.807) is 12.3 Å². The third-order valence-corrected chi connectivity index (χ3v) is 2.94. The van der Waals surface area contributed by atoms with Crippen molar-refractivity contribution in [2.45, 2.75) is 31.3 Å². The molecule has 2 rings (SSSR count). The zero-order valence-electron chi connectivity index (χ0n) is 10.0. The third-order valence-electron chi connectivity index (χ3n) is 2.94. The molecule has 7 heteroatoms. The first-order valence-corrected chi connectivity index (χ1v) is 5.76. The van der Waals surface area contributed by atoms with Gasteiger partial charge in [0.25, 0.3) is 0 Å². The van der Waals surface area contributed by atoms with E-state index < -0.39 is 24.4 Å². The topological polar surface area (TPSA) is 108 Å². The number of aryl methyl sites for hydroxylation is 1. The second kappa shape index (κ2) is 5.57. The molecule has 0 aliphatic carbocycles. The first-order chi connectivity index (χ1) is 8.61. The molecule has 0 spiro atoms. The lowest BCUT2D eigenvalue weighted by molar-refractivity contribution is -0.152. The number of ether oxygens (including phenoxy) is 1. The molecule has 1 fully saturated rings. The Hall–Kier alpha value is -1.28. The molecule has 4 N–H and O–H groups in total. The summed E-state index contributed by atoms with van der Waals surface area (Å²) in [5.74, 6) is 0.511. The van der Waals surface area contributed by atoms with E-state index in [4.69, 9.17) is 9.84 Å². The molecule has 0 radical (unpaired) electrons. The van der Waals surface area contributed by atoms with Gasteiger partial charge in [-0.05, 0) is 18.6 Å². The summed E-state index contributed by atoms with van der Waals surface area (Å²) in [6, 6.07) is 1.29. The van der Waals surface area contributed by atoms with Gasteiger partial charge in [0.1, 0.15) is 24.1 Å². The Balaban J connectivity index is 2.02. The minimum atomic E-state index is -1.13. The van der Waals surface area contributed by atoms with E-state index in [1.807, 2.05) is 6.92 Å². The molecule has 0 saturated carbocycles. The number of aliphatic hydroxyl groups is 3. The van der Waals surface area contributed by atoms with Crippen molar-refractivity contribution in [3.8, 4) is 0 Å². The number of aliphatic hydroxyl groups excluding tert-OH is 3. The van der Waals surface area contributed by atoms with Gasteiger partial charge >= 0.3 is 0 Å². The maximum atomic E-state index is 9.92. The van der Waals surface area contributed by atoms with Crippen molar-refractivity contribution in [1.82, 2.24) is 10.2 Å². The second-order valence-electron chi connectivity index (χ2n) is 4.40. The van der Waals surface area contributed by atoms with Crippen LogP contribution >= 0.6 is 0 Å². The van der Waals surface area contributed by atoms with Crippen molar-refractivity contribution in [3.05, 3.63) is 17.8 Å². The fourth-order valence-electron chi connectivity index (χ4n) is 1.89. The summed E-state index contributed by atoms with van der Waals surface area (Å²) in [5.41, 5.74) is 0.938. The molecular weight excluding hydrogens is 238 g/mol. The summed E-state index contributed by atoms with van der Waals surface area (Å²) < 4.78 is 5.25. The van der Waals surface area contributed by atoms with E-state index in [0.29, 0.717) is 5.82 Å². The van der Waals surface area contributed by atoms with Crippen molar-refractivity contribution >= 4 is 5.82 Å². The summed E-state index contributed by atoms with van der Waals surface area (Å²) in [7, 11) is 0. The standard InChI is InChI=1S/C11H17N3O4/c1-6-2-9(14-12-3-6)13-7-5-18-8(4-15)11(17)10(7)16/h2-3,7-8,10-11,15-17H,4-5H2,1H3,(H,13,14)/t7-,8+,10+,11-/m0/s1. The predicted molar refractivity (Wildman–Crippen MR) is 63.0 cm³/mol. The highest BCUT2D eigenvalue weighted by Crippen LogP contribution is 2.18. The van der Waals surface area contributed by atoms with Crippen LogP contribution in [0.15, 0.2) is 12.3 Å². The van der Waals surface area contributed by atoms with Crippen LogP contribution in [0.25, 0.3) is 0 Å². The minimum absolute atomic E-state index is 0.180. The fraction of sp³-hybridized carbons (Fsp3) is 0.636. The van der Waals surface area contributed by atoms with Crippen molar-refractivity contribution in [2.24, 2.45) is 0 Å². The Morgan fingerprint density at radius 2 is 2.22 bits per heavy atom. The number of aromatic nitrogens is 2. The van der Waals surface area contributed by atoms with Crippen molar-refractivity contribution in [2.75, 3.05) is 18.5 Å². The zero-order valence-corrected chi connectivity index (χ0v) is 10.0. The molecule has 7 nitrogen and oxygen atoms in total. The van der Waals surface area contributed by atoms with Gasteiger partial charge in [0, 0.05) is 0 Å². The molecule has 4 atom stereocenters. The number of hydrogen-bond donors (Lipinski definition) is 4. The lowest BCUT2D eigenvalue weighted by Gasteiger charge is -2.37. The summed E-state index contributed by atoms with van der Waals surface area (Å²) in [6.45, 7) is 1.73. The number of nitrogens with zero attached hydrogens (tertiary/aromatic N) is 2. The lowest BCUT2D eigenvalue weighted by atomic mass is 9.98. The van der Waals surface area contributed by atoms with Gasteiger partial charge in [-0.2, -0.15) is 5.10 Å². The van der Waals surface area contributed by atoms with Gasteiger partial charge in [-0.3, -0.25) is 0 Å². The largest absolute Gasteiger partial charge is 0.394 e. The maximum absolute atomic E-state index is 9.92. The fourth-order valence-corrected chi connectivity index (χ4v) is 1.89. The Morgan fingerprint density at radius 3 is 2.89 bits per heavy atom. The molecule has 2 heterocycles. The van der Waals surface area contributed by atoms with Crippen LogP contribution in [0.2, 0.25) is 0 Å². The van der Waals surface area contributed by atoms with E-state index in [2.05, 4.69) is 15.5 Å². The Kier molecular flexibility index (Phi) is 4.07. The number of rotatable bonds is 3. The first kappa shape index (κ1) is 13.2. The molecule has 0 amide bonds. The number of anilines is 1. The maximum Gasteiger partial charge on any atom is 0.149 e. The van der Waals surface area contributed by atoms with Crippen molar-refractivity contribution < 1.29 is 20.1 Å². The van der Waals surface area contributed by atoms with Crippen molar-refractivity contribution in [1.29, 1.82) is 0 Å². The van der Waals surface area contributed by atoms with Crippen LogP contribution in [0.3, 0.4) is 0 Å². The zero-order chi connectivity index (χ0) is 13.1. The molecule has 1 aromatic heterocycles. The van der Waals surface area contributed by atoms with Gasteiger partial charge < -0.3 is 25.4 Å². The van der Waals surface area contributed by atoms with Gasteiger partial charge in [0.2, 0.25) is 0 Å². The summed E-state index contributed by atoms with van der Waals surface area (Å²) in [5, 5.41) is 39.2. The second-order valence-corrected chi connectivity index (χ2v) is 4.40. The average molecular weight is 255 g/mol. The third kappa shape index (κ3) is 2.75. The normalized spacial score (nSPS) is 32.2. The molecular formula is C11H17N3O4. The van der Waals surface area contributed by atoms with Gasteiger partial charge in [0.15, 0.2) is 0 Å². The molecule has 100 valence electrons. The van der Waals surface area contributed by atoms with E-state index in [9.17, 15) is 10.2 Å².